The van der Waals surface area contributed by atoms with Gasteiger partial charge in [-0.2, -0.15) is 5.10 Å². The Morgan fingerprint density at radius 1 is 1.32 bits per heavy atom. The number of halogens is 1. The lowest BCUT2D eigenvalue weighted by Crippen LogP contribution is -2.42. The third kappa shape index (κ3) is 2.27. The maximum Gasteiger partial charge on any atom is 0.163 e. The van der Waals surface area contributed by atoms with E-state index >= 15 is 0 Å². The van der Waals surface area contributed by atoms with E-state index in [0.29, 0.717) is 5.88 Å². The normalized spacial score (nSPS) is 18.6. The Morgan fingerprint density at radius 3 is 2.84 bits per heavy atom. The number of rotatable bonds is 3. The number of hydrogen-bond donors (Lipinski definition) is 1. The highest BCUT2D eigenvalue weighted by Crippen LogP contribution is 2.33. The van der Waals surface area contributed by atoms with Crippen molar-refractivity contribution in [2.45, 2.75) is 37.6 Å². The fourth-order valence-corrected chi connectivity index (χ4v) is 3.17. The van der Waals surface area contributed by atoms with Crippen LogP contribution in [0.4, 0.5) is 5.82 Å². The van der Waals surface area contributed by atoms with E-state index in [1.807, 2.05) is 13.2 Å². The summed E-state index contributed by atoms with van der Waals surface area (Å²) < 4.78 is 1.76. The first-order valence-electron chi connectivity index (χ1n) is 6.71. The van der Waals surface area contributed by atoms with Crippen LogP contribution in [0.3, 0.4) is 0 Å². The molecule has 0 aromatic carbocycles. The Bertz CT molecular complexity index is 573. The predicted molar refractivity (Wildman–Crippen MR) is 76.5 cm³/mol. The lowest BCUT2D eigenvalue weighted by atomic mass is 9.83. The number of aromatic nitrogens is 4. The molecule has 19 heavy (non-hydrogen) atoms. The molecule has 0 bridgehead atoms. The highest BCUT2D eigenvalue weighted by molar-refractivity contribution is 6.18. The summed E-state index contributed by atoms with van der Waals surface area (Å²) in [5.41, 5.74) is 0.815. The summed E-state index contributed by atoms with van der Waals surface area (Å²) in [6.45, 7) is 0. The first kappa shape index (κ1) is 12.7. The van der Waals surface area contributed by atoms with E-state index in [4.69, 9.17) is 11.6 Å². The fourth-order valence-electron chi connectivity index (χ4n) is 2.83. The van der Waals surface area contributed by atoms with E-state index in [2.05, 4.69) is 20.4 Å². The third-order valence-electron chi connectivity index (χ3n) is 3.98. The maximum atomic E-state index is 6.22. The van der Waals surface area contributed by atoms with Gasteiger partial charge in [0, 0.05) is 12.9 Å². The quantitative estimate of drug-likeness (QED) is 0.878. The van der Waals surface area contributed by atoms with Crippen molar-refractivity contribution in [1.29, 1.82) is 0 Å². The molecule has 1 saturated carbocycles. The Balaban J connectivity index is 1.95. The van der Waals surface area contributed by atoms with Crippen molar-refractivity contribution >= 4 is 28.5 Å². The number of anilines is 1. The smallest absolute Gasteiger partial charge is 0.163 e. The van der Waals surface area contributed by atoms with E-state index in [0.717, 1.165) is 29.7 Å². The molecule has 0 atom stereocenters. The molecule has 6 heteroatoms. The monoisotopic (exact) mass is 279 g/mol. The number of fused-ring (bicyclic) bond motifs is 1. The molecule has 0 radical (unpaired) electrons. The maximum absolute atomic E-state index is 6.22. The minimum Gasteiger partial charge on any atom is -0.363 e. The second-order valence-electron chi connectivity index (χ2n) is 5.33. The third-order valence-corrected chi connectivity index (χ3v) is 4.49. The molecular weight excluding hydrogens is 262 g/mol. The van der Waals surface area contributed by atoms with Crippen LogP contribution in [-0.2, 0) is 7.05 Å². The van der Waals surface area contributed by atoms with Crippen LogP contribution in [0, 0.1) is 0 Å². The molecule has 3 rings (SSSR count). The SMILES string of the molecule is Cn1ncc2c(NC3(CCl)CCCCC3)ncnc21. The standard InChI is InChI=1S/C13H18ClN5/c1-19-12-10(7-17-19)11(15-9-16-12)18-13(8-14)5-3-2-4-6-13/h7,9H,2-6,8H2,1H3,(H,15,16,18). The van der Waals surface area contributed by atoms with Gasteiger partial charge < -0.3 is 5.32 Å². The van der Waals surface area contributed by atoms with Crippen molar-refractivity contribution in [1.82, 2.24) is 19.7 Å². The van der Waals surface area contributed by atoms with Gasteiger partial charge in [0.2, 0.25) is 0 Å². The molecule has 0 unspecified atom stereocenters. The van der Waals surface area contributed by atoms with Gasteiger partial charge in [-0.25, -0.2) is 9.97 Å². The van der Waals surface area contributed by atoms with Gasteiger partial charge in [-0.3, -0.25) is 4.68 Å². The molecule has 1 N–H and O–H groups in total. The number of alkyl halides is 1. The van der Waals surface area contributed by atoms with Crippen LogP contribution in [0.15, 0.2) is 12.5 Å². The van der Waals surface area contributed by atoms with Crippen molar-refractivity contribution in [2.24, 2.45) is 7.05 Å². The average Bonchev–Trinajstić information content (AvgIpc) is 2.83. The fraction of sp³-hybridized carbons (Fsp3) is 0.615. The summed E-state index contributed by atoms with van der Waals surface area (Å²) in [5, 5.41) is 8.76. The lowest BCUT2D eigenvalue weighted by Gasteiger charge is -2.37. The van der Waals surface area contributed by atoms with E-state index in [1.165, 1.54) is 19.3 Å². The van der Waals surface area contributed by atoms with Crippen LogP contribution >= 0.6 is 11.6 Å². The summed E-state index contributed by atoms with van der Waals surface area (Å²) in [6.07, 6.45) is 9.33. The molecule has 2 heterocycles. The van der Waals surface area contributed by atoms with Gasteiger partial charge in [0.25, 0.3) is 0 Å². The highest BCUT2D eigenvalue weighted by atomic mass is 35.5. The van der Waals surface area contributed by atoms with Crippen LogP contribution in [0.2, 0.25) is 0 Å². The van der Waals surface area contributed by atoms with Crippen molar-refractivity contribution in [3.63, 3.8) is 0 Å². The minimum absolute atomic E-state index is 0.0308. The first-order valence-corrected chi connectivity index (χ1v) is 7.24. The number of nitrogens with one attached hydrogen (secondary N) is 1. The molecule has 0 spiro atoms. The zero-order valence-corrected chi connectivity index (χ0v) is 11.8. The number of aryl methyl sites for hydroxylation is 1. The molecular formula is C13H18ClN5. The lowest BCUT2D eigenvalue weighted by molar-refractivity contribution is 0.353. The predicted octanol–water partition coefficient (Wildman–Crippen LogP) is 2.72. The van der Waals surface area contributed by atoms with E-state index in [9.17, 15) is 0 Å². The minimum atomic E-state index is -0.0308. The molecule has 2 aromatic heterocycles. The van der Waals surface area contributed by atoms with E-state index < -0.39 is 0 Å². The summed E-state index contributed by atoms with van der Waals surface area (Å²) in [5.74, 6) is 1.46. The summed E-state index contributed by atoms with van der Waals surface area (Å²) in [4.78, 5) is 8.63. The van der Waals surface area contributed by atoms with Gasteiger partial charge in [-0.05, 0) is 12.8 Å². The molecule has 1 aliphatic carbocycles. The summed E-state index contributed by atoms with van der Waals surface area (Å²) in [6, 6.07) is 0. The largest absolute Gasteiger partial charge is 0.363 e. The molecule has 5 nitrogen and oxygen atoms in total. The molecule has 1 aliphatic rings. The second kappa shape index (κ2) is 4.96. The Kier molecular flexibility index (Phi) is 3.31. The van der Waals surface area contributed by atoms with Crippen LogP contribution in [0.1, 0.15) is 32.1 Å². The molecule has 1 fully saturated rings. The van der Waals surface area contributed by atoms with E-state index in [-0.39, 0.29) is 5.54 Å². The molecule has 2 aromatic rings. The molecule has 0 saturated heterocycles. The van der Waals surface area contributed by atoms with E-state index in [1.54, 1.807) is 11.0 Å². The highest BCUT2D eigenvalue weighted by Gasteiger charge is 2.32. The second-order valence-corrected chi connectivity index (χ2v) is 5.59. The van der Waals surface area contributed by atoms with Gasteiger partial charge in [0.15, 0.2) is 5.65 Å². The van der Waals surface area contributed by atoms with Gasteiger partial charge in [-0.1, -0.05) is 19.3 Å². The summed E-state index contributed by atoms with van der Waals surface area (Å²) in [7, 11) is 1.89. The molecule has 0 amide bonds. The number of nitrogens with zero attached hydrogens (tertiary/aromatic N) is 4. The van der Waals surface area contributed by atoms with Crippen molar-refractivity contribution in [3.8, 4) is 0 Å². The van der Waals surface area contributed by atoms with Crippen LogP contribution in [-0.4, -0.2) is 31.2 Å². The Hall–Kier alpha value is -1.36. The molecule has 102 valence electrons. The van der Waals surface area contributed by atoms with Gasteiger partial charge in [-0.15, -0.1) is 11.6 Å². The average molecular weight is 280 g/mol. The van der Waals surface area contributed by atoms with Crippen molar-refractivity contribution in [2.75, 3.05) is 11.2 Å². The summed E-state index contributed by atoms with van der Waals surface area (Å²) >= 11 is 6.22. The van der Waals surface area contributed by atoms with Gasteiger partial charge >= 0.3 is 0 Å². The first-order chi connectivity index (χ1) is 9.24. The van der Waals surface area contributed by atoms with Gasteiger partial charge in [0.05, 0.1) is 17.1 Å². The van der Waals surface area contributed by atoms with Crippen molar-refractivity contribution in [3.05, 3.63) is 12.5 Å². The zero-order valence-electron chi connectivity index (χ0n) is 11.1. The Morgan fingerprint density at radius 2 is 2.11 bits per heavy atom. The topological polar surface area (TPSA) is 55.6 Å². The Labute approximate surface area is 117 Å². The number of hydrogen-bond acceptors (Lipinski definition) is 4. The van der Waals surface area contributed by atoms with Gasteiger partial charge in [0.1, 0.15) is 12.1 Å². The van der Waals surface area contributed by atoms with Crippen molar-refractivity contribution < 1.29 is 0 Å². The van der Waals surface area contributed by atoms with Crippen LogP contribution in [0.5, 0.6) is 0 Å². The van der Waals surface area contributed by atoms with Crippen LogP contribution in [0.25, 0.3) is 11.0 Å². The zero-order chi connectivity index (χ0) is 13.3. The molecule has 0 aliphatic heterocycles. The van der Waals surface area contributed by atoms with Crippen LogP contribution < -0.4 is 5.32 Å².